The lowest BCUT2D eigenvalue weighted by Gasteiger charge is -2.27. The summed E-state index contributed by atoms with van der Waals surface area (Å²) in [7, 11) is 0. The largest absolute Gasteiger partial charge is 0.465 e. The lowest BCUT2D eigenvalue weighted by atomic mass is 9.82. The van der Waals surface area contributed by atoms with Gasteiger partial charge in [-0.05, 0) is 25.3 Å². The molecule has 0 unspecified atom stereocenters. The van der Waals surface area contributed by atoms with Crippen LogP contribution in [0.4, 0.5) is 0 Å². The topological polar surface area (TPSA) is 52.6 Å². The Kier molecular flexibility index (Phi) is 7.65. The van der Waals surface area contributed by atoms with E-state index in [0.29, 0.717) is 6.42 Å². The van der Waals surface area contributed by atoms with E-state index in [1.165, 1.54) is 12.1 Å². The summed E-state index contributed by atoms with van der Waals surface area (Å²) < 4.78 is 10.5. The normalized spacial score (nSPS) is 11.2. The number of halogens is 3. The maximum atomic E-state index is 12.6. The number of benzene rings is 1. The van der Waals surface area contributed by atoms with Crippen LogP contribution < -0.4 is 4.74 Å². The summed E-state index contributed by atoms with van der Waals surface area (Å²) in [5.41, 5.74) is -1.38. The van der Waals surface area contributed by atoms with Crippen LogP contribution in [0, 0.1) is 5.41 Å². The lowest BCUT2D eigenvalue weighted by Crippen LogP contribution is -2.42. The van der Waals surface area contributed by atoms with Crippen molar-refractivity contribution in [2.75, 3.05) is 6.61 Å². The van der Waals surface area contributed by atoms with Crippen molar-refractivity contribution in [2.45, 2.75) is 40.0 Å². The number of ether oxygens (including phenoxy) is 2. The van der Waals surface area contributed by atoms with Gasteiger partial charge in [-0.25, -0.2) is 0 Å². The predicted molar refractivity (Wildman–Crippen MR) is 91.4 cm³/mol. The van der Waals surface area contributed by atoms with Crippen molar-refractivity contribution >= 4 is 46.7 Å². The molecule has 128 valence electrons. The molecule has 0 atom stereocenters. The van der Waals surface area contributed by atoms with E-state index < -0.39 is 17.4 Å². The number of rotatable bonds is 7. The summed E-state index contributed by atoms with van der Waals surface area (Å²) in [6, 6.07) is 2.81. The highest BCUT2D eigenvalue weighted by Crippen LogP contribution is 2.38. The second-order valence-corrected chi connectivity index (χ2v) is 6.24. The lowest BCUT2D eigenvalue weighted by molar-refractivity contribution is -0.168. The molecular weight excluding hydrogens is 363 g/mol. The molecule has 0 radical (unpaired) electrons. The summed E-state index contributed by atoms with van der Waals surface area (Å²) >= 11 is 17.8. The van der Waals surface area contributed by atoms with E-state index in [9.17, 15) is 9.59 Å². The number of esters is 2. The van der Waals surface area contributed by atoms with Gasteiger partial charge >= 0.3 is 11.9 Å². The van der Waals surface area contributed by atoms with Gasteiger partial charge in [0.1, 0.15) is 5.02 Å². The molecule has 0 aliphatic carbocycles. The Bertz CT molecular complexity index is 583. The van der Waals surface area contributed by atoms with Crippen molar-refractivity contribution in [3.8, 4) is 5.75 Å². The van der Waals surface area contributed by atoms with Gasteiger partial charge in [0, 0.05) is 11.1 Å². The van der Waals surface area contributed by atoms with Gasteiger partial charge in [0.05, 0.1) is 11.6 Å². The Labute approximate surface area is 151 Å². The number of carbonyl (C=O) groups is 2. The molecule has 0 aromatic heterocycles. The van der Waals surface area contributed by atoms with E-state index in [-0.39, 0.29) is 40.3 Å². The third-order valence-electron chi connectivity index (χ3n) is 3.59. The van der Waals surface area contributed by atoms with Crippen molar-refractivity contribution in [3.05, 3.63) is 27.2 Å². The summed E-state index contributed by atoms with van der Waals surface area (Å²) in [6.07, 6.45) is 1.16. The van der Waals surface area contributed by atoms with E-state index in [4.69, 9.17) is 44.3 Å². The van der Waals surface area contributed by atoms with Crippen LogP contribution in [0.1, 0.15) is 40.0 Å². The maximum Gasteiger partial charge on any atom is 0.328 e. The van der Waals surface area contributed by atoms with Gasteiger partial charge in [0.2, 0.25) is 0 Å². The van der Waals surface area contributed by atoms with Gasteiger partial charge in [-0.3, -0.25) is 9.59 Å². The first kappa shape index (κ1) is 20.1. The standard InChI is InChI=1S/C16H19Cl3O4/c1-4-7-22-14(20)16(5-2,6-3)15(21)23-12-9-10(17)8-11(18)13(12)19/h8-9H,4-7H2,1-3H3. The third kappa shape index (κ3) is 4.52. The van der Waals surface area contributed by atoms with Gasteiger partial charge in [-0.15, -0.1) is 0 Å². The minimum Gasteiger partial charge on any atom is -0.465 e. The number of carbonyl (C=O) groups excluding carboxylic acids is 2. The van der Waals surface area contributed by atoms with Crippen molar-refractivity contribution in [1.82, 2.24) is 0 Å². The fourth-order valence-corrected chi connectivity index (χ4v) is 2.67. The SMILES string of the molecule is CCCOC(=O)C(CC)(CC)C(=O)Oc1cc(Cl)cc(Cl)c1Cl. The molecule has 0 spiro atoms. The quantitative estimate of drug-likeness (QED) is 0.278. The predicted octanol–water partition coefficient (Wildman–Crippen LogP) is 5.31. The Morgan fingerprint density at radius 2 is 1.65 bits per heavy atom. The molecule has 0 heterocycles. The molecule has 0 fully saturated rings. The molecule has 7 heteroatoms. The molecule has 0 N–H and O–H groups in total. The smallest absolute Gasteiger partial charge is 0.328 e. The molecule has 0 aliphatic heterocycles. The first-order chi connectivity index (χ1) is 10.8. The van der Waals surface area contributed by atoms with E-state index in [1.54, 1.807) is 13.8 Å². The van der Waals surface area contributed by atoms with Gasteiger partial charge in [0.15, 0.2) is 11.2 Å². The molecule has 0 amide bonds. The highest BCUT2D eigenvalue weighted by atomic mass is 35.5. The summed E-state index contributed by atoms with van der Waals surface area (Å²) in [6.45, 7) is 5.57. The molecular formula is C16H19Cl3O4. The first-order valence-electron chi connectivity index (χ1n) is 7.36. The van der Waals surface area contributed by atoms with Crippen LogP contribution in [-0.2, 0) is 14.3 Å². The van der Waals surface area contributed by atoms with Gasteiger partial charge in [-0.1, -0.05) is 55.6 Å². The van der Waals surface area contributed by atoms with Crippen LogP contribution in [-0.4, -0.2) is 18.5 Å². The Balaban J connectivity index is 3.10. The van der Waals surface area contributed by atoms with Crippen LogP contribution in [0.5, 0.6) is 5.75 Å². The molecule has 1 aromatic rings. The average Bonchev–Trinajstić information content (AvgIpc) is 2.51. The molecule has 0 saturated carbocycles. The summed E-state index contributed by atoms with van der Waals surface area (Å²) in [4.78, 5) is 24.9. The Morgan fingerprint density at radius 3 is 2.17 bits per heavy atom. The Hall–Kier alpha value is -0.970. The minimum absolute atomic E-state index is 0.0173. The molecule has 0 saturated heterocycles. The van der Waals surface area contributed by atoms with Crippen molar-refractivity contribution in [1.29, 1.82) is 0 Å². The highest BCUT2D eigenvalue weighted by Gasteiger charge is 2.46. The fourth-order valence-electron chi connectivity index (χ4n) is 2.05. The maximum absolute atomic E-state index is 12.6. The van der Waals surface area contributed by atoms with E-state index in [0.717, 1.165) is 0 Å². The molecule has 0 bridgehead atoms. The Morgan fingerprint density at radius 1 is 1.04 bits per heavy atom. The average molecular weight is 382 g/mol. The summed E-state index contributed by atoms with van der Waals surface area (Å²) in [5, 5.41) is 0.496. The van der Waals surface area contributed by atoms with E-state index in [1.807, 2.05) is 6.92 Å². The van der Waals surface area contributed by atoms with Crippen LogP contribution in [0.25, 0.3) is 0 Å². The number of hydrogen-bond acceptors (Lipinski definition) is 4. The first-order valence-corrected chi connectivity index (χ1v) is 8.49. The molecule has 1 rings (SSSR count). The van der Waals surface area contributed by atoms with Gasteiger partial charge < -0.3 is 9.47 Å². The van der Waals surface area contributed by atoms with Crippen LogP contribution >= 0.6 is 34.8 Å². The molecule has 0 aliphatic rings. The third-order valence-corrected chi connectivity index (χ3v) is 4.59. The van der Waals surface area contributed by atoms with Crippen LogP contribution in [0.15, 0.2) is 12.1 Å². The zero-order valence-electron chi connectivity index (χ0n) is 13.3. The monoisotopic (exact) mass is 380 g/mol. The number of hydrogen-bond donors (Lipinski definition) is 0. The second-order valence-electron chi connectivity index (χ2n) is 5.01. The second kappa shape index (κ2) is 8.76. The zero-order valence-corrected chi connectivity index (χ0v) is 15.5. The fraction of sp³-hybridized carbons (Fsp3) is 0.500. The zero-order chi connectivity index (χ0) is 17.6. The van der Waals surface area contributed by atoms with Gasteiger partial charge in [0.25, 0.3) is 0 Å². The van der Waals surface area contributed by atoms with Crippen molar-refractivity contribution in [2.24, 2.45) is 5.41 Å². The highest BCUT2D eigenvalue weighted by molar-refractivity contribution is 6.44. The van der Waals surface area contributed by atoms with E-state index in [2.05, 4.69) is 0 Å². The minimum atomic E-state index is -1.38. The van der Waals surface area contributed by atoms with Gasteiger partial charge in [-0.2, -0.15) is 0 Å². The summed E-state index contributed by atoms with van der Waals surface area (Å²) in [5.74, 6) is -1.31. The molecule has 1 aromatic carbocycles. The van der Waals surface area contributed by atoms with Crippen LogP contribution in [0.3, 0.4) is 0 Å². The van der Waals surface area contributed by atoms with E-state index >= 15 is 0 Å². The van der Waals surface area contributed by atoms with Crippen LogP contribution in [0.2, 0.25) is 15.1 Å². The molecule has 23 heavy (non-hydrogen) atoms. The molecule has 4 nitrogen and oxygen atoms in total. The van der Waals surface area contributed by atoms with Crippen molar-refractivity contribution in [3.63, 3.8) is 0 Å². The van der Waals surface area contributed by atoms with Crippen molar-refractivity contribution < 1.29 is 19.1 Å².